The molecule has 1 saturated carbocycles. The Hall–Kier alpha value is -3.04. The fourth-order valence-corrected chi connectivity index (χ4v) is 5.39. The maximum absolute atomic E-state index is 12.9. The summed E-state index contributed by atoms with van der Waals surface area (Å²) in [6.07, 6.45) is 8.33. The second-order valence-corrected chi connectivity index (χ2v) is 9.36. The minimum absolute atomic E-state index is 0.0253. The zero-order valence-electron chi connectivity index (χ0n) is 17.8. The van der Waals surface area contributed by atoms with Crippen LogP contribution in [0, 0.1) is 0 Å². The van der Waals surface area contributed by atoms with E-state index >= 15 is 0 Å². The molecule has 166 valence electrons. The molecular weight excluding hydrogens is 424 g/mol. The van der Waals surface area contributed by atoms with Crippen LogP contribution in [0.4, 0.5) is 5.69 Å². The van der Waals surface area contributed by atoms with Crippen LogP contribution in [-0.2, 0) is 0 Å². The van der Waals surface area contributed by atoms with E-state index in [-0.39, 0.29) is 11.8 Å². The molecule has 2 aromatic heterocycles. The Morgan fingerprint density at radius 3 is 2.34 bits per heavy atom. The fourth-order valence-electron chi connectivity index (χ4n) is 4.52. The van der Waals surface area contributed by atoms with Crippen LogP contribution in [0.3, 0.4) is 0 Å². The zero-order chi connectivity index (χ0) is 21.9. The first-order chi connectivity index (χ1) is 15.7. The van der Waals surface area contributed by atoms with Gasteiger partial charge in [0.2, 0.25) is 0 Å². The van der Waals surface area contributed by atoms with E-state index in [1.54, 1.807) is 23.1 Å². The summed E-state index contributed by atoms with van der Waals surface area (Å²) in [5.41, 5.74) is 1.54. The van der Waals surface area contributed by atoms with Gasteiger partial charge in [-0.25, -0.2) is 9.67 Å². The summed E-state index contributed by atoms with van der Waals surface area (Å²) in [6.45, 7) is 3.40. The molecule has 1 aliphatic carbocycles. The molecule has 0 spiro atoms. The van der Waals surface area contributed by atoms with Crippen molar-refractivity contribution < 1.29 is 9.59 Å². The lowest BCUT2D eigenvalue weighted by atomic mass is 10.2. The number of thiophene rings is 1. The molecule has 1 aliphatic heterocycles. The molecule has 0 atom stereocenters. The maximum atomic E-state index is 12.9. The lowest BCUT2D eigenvalue weighted by Gasteiger charge is -2.37. The number of hydrogen-bond donors (Lipinski definition) is 1. The monoisotopic (exact) mass is 450 g/mol. The SMILES string of the molecule is O=C(Nc1ccc(-n2cncn2)cc1)c1ccc(C(=O)N2CCN(C3CCCC3)CC2)s1. The highest BCUT2D eigenvalue weighted by Crippen LogP contribution is 2.25. The van der Waals surface area contributed by atoms with Gasteiger partial charge in [0.1, 0.15) is 12.7 Å². The molecular formula is C23H26N6O2S. The van der Waals surface area contributed by atoms with Gasteiger partial charge in [-0.15, -0.1) is 11.3 Å². The first kappa shape index (κ1) is 20.8. The van der Waals surface area contributed by atoms with Crippen molar-refractivity contribution in [2.24, 2.45) is 0 Å². The molecule has 5 rings (SSSR count). The number of carbonyl (C=O) groups is 2. The van der Waals surface area contributed by atoms with E-state index in [2.05, 4.69) is 20.3 Å². The summed E-state index contributed by atoms with van der Waals surface area (Å²) < 4.78 is 1.65. The molecule has 1 aromatic carbocycles. The van der Waals surface area contributed by atoms with Gasteiger partial charge in [0, 0.05) is 37.9 Å². The first-order valence-corrected chi connectivity index (χ1v) is 11.9. The number of rotatable bonds is 5. The van der Waals surface area contributed by atoms with Crippen molar-refractivity contribution in [3.63, 3.8) is 0 Å². The third-order valence-corrected chi connectivity index (χ3v) is 7.36. The van der Waals surface area contributed by atoms with Crippen LogP contribution >= 0.6 is 11.3 Å². The summed E-state index contributed by atoms with van der Waals surface area (Å²) >= 11 is 1.25. The Labute approximate surface area is 190 Å². The van der Waals surface area contributed by atoms with Crippen LogP contribution in [0.1, 0.15) is 45.0 Å². The van der Waals surface area contributed by atoms with Gasteiger partial charge in [0.25, 0.3) is 11.8 Å². The van der Waals surface area contributed by atoms with Crippen LogP contribution in [0.15, 0.2) is 49.1 Å². The summed E-state index contributed by atoms with van der Waals surface area (Å²) in [7, 11) is 0. The number of carbonyl (C=O) groups excluding carboxylic acids is 2. The highest BCUT2D eigenvalue weighted by molar-refractivity contribution is 7.16. The van der Waals surface area contributed by atoms with Crippen LogP contribution in [0.5, 0.6) is 0 Å². The smallest absolute Gasteiger partial charge is 0.265 e. The predicted octanol–water partition coefficient (Wildman–Crippen LogP) is 3.28. The van der Waals surface area contributed by atoms with E-state index in [0.29, 0.717) is 21.5 Å². The summed E-state index contributed by atoms with van der Waals surface area (Å²) in [5, 5.41) is 6.98. The average Bonchev–Trinajstić information content (AvgIpc) is 3.62. The number of amides is 2. The van der Waals surface area contributed by atoms with E-state index in [0.717, 1.165) is 31.9 Å². The van der Waals surface area contributed by atoms with Gasteiger partial charge in [-0.2, -0.15) is 5.10 Å². The molecule has 1 N–H and O–H groups in total. The Morgan fingerprint density at radius 2 is 1.66 bits per heavy atom. The minimum atomic E-state index is -0.214. The van der Waals surface area contributed by atoms with Gasteiger partial charge in [-0.3, -0.25) is 14.5 Å². The Morgan fingerprint density at radius 1 is 0.938 bits per heavy atom. The second-order valence-electron chi connectivity index (χ2n) is 8.27. The molecule has 8 nitrogen and oxygen atoms in total. The van der Waals surface area contributed by atoms with Gasteiger partial charge in [0.05, 0.1) is 15.4 Å². The lowest BCUT2D eigenvalue weighted by molar-refractivity contribution is 0.0578. The van der Waals surface area contributed by atoms with Crippen LogP contribution in [0.25, 0.3) is 5.69 Å². The van der Waals surface area contributed by atoms with E-state index in [9.17, 15) is 9.59 Å². The number of nitrogens with zero attached hydrogens (tertiary/aromatic N) is 5. The van der Waals surface area contributed by atoms with Gasteiger partial charge in [-0.1, -0.05) is 12.8 Å². The zero-order valence-corrected chi connectivity index (χ0v) is 18.6. The highest BCUT2D eigenvalue weighted by atomic mass is 32.1. The second kappa shape index (κ2) is 9.22. The van der Waals surface area contributed by atoms with Crippen LogP contribution in [-0.4, -0.2) is 68.6 Å². The van der Waals surface area contributed by atoms with Crippen molar-refractivity contribution in [1.29, 1.82) is 0 Å². The van der Waals surface area contributed by atoms with Crippen molar-refractivity contribution in [2.45, 2.75) is 31.7 Å². The van der Waals surface area contributed by atoms with Crippen LogP contribution in [0.2, 0.25) is 0 Å². The Kier molecular flexibility index (Phi) is 6.00. The average molecular weight is 451 g/mol. The van der Waals surface area contributed by atoms with Crippen molar-refractivity contribution in [3.8, 4) is 5.69 Å². The number of piperazine rings is 1. The van der Waals surface area contributed by atoms with Crippen LogP contribution < -0.4 is 5.32 Å². The summed E-state index contributed by atoms with van der Waals surface area (Å²) in [5.74, 6) is -0.189. The maximum Gasteiger partial charge on any atom is 0.265 e. The van der Waals surface area contributed by atoms with Crippen molar-refractivity contribution in [1.82, 2.24) is 24.6 Å². The molecule has 0 bridgehead atoms. The molecule has 2 amide bonds. The molecule has 0 unspecified atom stereocenters. The van der Waals surface area contributed by atoms with Crippen molar-refractivity contribution >= 4 is 28.8 Å². The number of anilines is 1. The quantitative estimate of drug-likeness (QED) is 0.645. The summed E-state index contributed by atoms with van der Waals surface area (Å²) in [6, 6.07) is 11.5. The van der Waals surface area contributed by atoms with Gasteiger partial charge in [0.15, 0.2) is 0 Å². The van der Waals surface area contributed by atoms with Crippen molar-refractivity contribution in [3.05, 3.63) is 58.8 Å². The molecule has 9 heteroatoms. The largest absolute Gasteiger partial charge is 0.335 e. The molecule has 32 heavy (non-hydrogen) atoms. The molecule has 1 saturated heterocycles. The number of benzene rings is 1. The number of nitrogens with one attached hydrogen (secondary N) is 1. The van der Waals surface area contributed by atoms with Gasteiger partial charge < -0.3 is 10.2 Å². The Bertz CT molecular complexity index is 1060. The third kappa shape index (κ3) is 4.44. The Balaban J connectivity index is 1.17. The standard InChI is InChI=1S/C23H26N6O2S/c30-22(26-17-5-7-19(8-6-17)29-16-24-15-25-29)20-9-10-21(32-20)23(31)28-13-11-27(12-14-28)18-3-1-2-4-18/h5-10,15-16,18H,1-4,11-14H2,(H,26,30). The fraction of sp³-hybridized carbons (Fsp3) is 0.391. The van der Waals surface area contributed by atoms with E-state index in [4.69, 9.17) is 0 Å². The molecule has 2 aliphatic rings. The predicted molar refractivity (Wildman–Crippen MR) is 123 cm³/mol. The molecule has 3 heterocycles. The normalized spacial score (nSPS) is 17.6. The van der Waals surface area contributed by atoms with Gasteiger partial charge in [-0.05, 0) is 49.2 Å². The summed E-state index contributed by atoms with van der Waals surface area (Å²) in [4.78, 5) is 35.1. The van der Waals surface area contributed by atoms with Gasteiger partial charge >= 0.3 is 0 Å². The molecule has 0 radical (unpaired) electrons. The van der Waals surface area contributed by atoms with E-state index in [1.165, 1.54) is 43.3 Å². The number of aromatic nitrogens is 3. The molecule has 2 fully saturated rings. The topological polar surface area (TPSA) is 83.4 Å². The minimum Gasteiger partial charge on any atom is -0.335 e. The highest BCUT2D eigenvalue weighted by Gasteiger charge is 2.29. The first-order valence-electron chi connectivity index (χ1n) is 11.1. The van der Waals surface area contributed by atoms with E-state index in [1.807, 2.05) is 29.2 Å². The van der Waals surface area contributed by atoms with E-state index < -0.39 is 0 Å². The van der Waals surface area contributed by atoms with Crippen molar-refractivity contribution in [2.75, 3.05) is 31.5 Å². The lowest BCUT2D eigenvalue weighted by Crippen LogP contribution is -2.51. The third-order valence-electron chi connectivity index (χ3n) is 6.29. The number of hydrogen-bond acceptors (Lipinski definition) is 6. The molecule has 3 aromatic rings.